The van der Waals surface area contributed by atoms with Crippen LogP contribution in [0.2, 0.25) is 0 Å². The second kappa shape index (κ2) is 7.37. The van der Waals surface area contributed by atoms with Crippen molar-refractivity contribution in [2.75, 3.05) is 19.5 Å². The number of carbonyl (C=O) groups is 2. The maximum Gasteiger partial charge on any atom is 0.313 e. The van der Waals surface area contributed by atoms with E-state index in [2.05, 4.69) is 10.6 Å². The molecule has 1 aromatic rings. The van der Waals surface area contributed by atoms with Crippen molar-refractivity contribution in [1.29, 1.82) is 0 Å². The van der Waals surface area contributed by atoms with E-state index >= 15 is 0 Å². The minimum atomic E-state index is -0.728. The van der Waals surface area contributed by atoms with Crippen molar-refractivity contribution in [3.8, 4) is 11.5 Å². The van der Waals surface area contributed by atoms with Gasteiger partial charge < -0.3 is 20.1 Å². The molecule has 0 aliphatic carbocycles. The molecule has 6 nitrogen and oxygen atoms in total. The molecule has 0 unspecified atom stereocenters. The van der Waals surface area contributed by atoms with Gasteiger partial charge in [-0.3, -0.25) is 9.59 Å². The Bertz CT molecular complexity index is 488. The van der Waals surface area contributed by atoms with Crippen LogP contribution in [0.5, 0.6) is 11.5 Å². The van der Waals surface area contributed by atoms with Gasteiger partial charge in [0.25, 0.3) is 0 Å². The topological polar surface area (TPSA) is 76.7 Å². The Labute approximate surface area is 118 Å². The number of benzene rings is 1. The van der Waals surface area contributed by atoms with Crippen LogP contribution in [0.1, 0.15) is 20.3 Å². The lowest BCUT2D eigenvalue weighted by atomic mass is 10.2. The van der Waals surface area contributed by atoms with E-state index in [1.807, 2.05) is 13.8 Å². The van der Waals surface area contributed by atoms with Gasteiger partial charge in [0.1, 0.15) is 11.5 Å². The predicted molar refractivity (Wildman–Crippen MR) is 76.1 cm³/mol. The van der Waals surface area contributed by atoms with Gasteiger partial charge in [-0.05, 0) is 25.5 Å². The smallest absolute Gasteiger partial charge is 0.313 e. The number of rotatable bonds is 5. The maximum atomic E-state index is 11.8. The summed E-state index contributed by atoms with van der Waals surface area (Å²) in [5.41, 5.74) is 0.414. The van der Waals surface area contributed by atoms with Crippen molar-refractivity contribution in [2.24, 2.45) is 0 Å². The van der Waals surface area contributed by atoms with Crippen molar-refractivity contribution < 1.29 is 19.1 Å². The highest BCUT2D eigenvalue weighted by atomic mass is 16.5. The Balaban J connectivity index is 2.77. The molecule has 0 saturated carbocycles. The molecule has 0 saturated heterocycles. The van der Waals surface area contributed by atoms with Crippen LogP contribution >= 0.6 is 0 Å². The van der Waals surface area contributed by atoms with Gasteiger partial charge in [-0.2, -0.15) is 0 Å². The lowest BCUT2D eigenvalue weighted by Crippen LogP contribution is -2.40. The van der Waals surface area contributed by atoms with Crippen molar-refractivity contribution in [3.05, 3.63) is 18.2 Å². The Hall–Kier alpha value is -2.24. The number of methoxy groups -OCH3 is 2. The van der Waals surface area contributed by atoms with E-state index in [0.29, 0.717) is 17.2 Å². The molecule has 0 spiro atoms. The van der Waals surface area contributed by atoms with Crippen LogP contribution in [0.3, 0.4) is 0 Å². The summed E-state index contributed by atoms with van der Waals surface area (Å²) in [5, 5.41) is 5.10. The summed E-state index contributed by atoms with van der Waals surface area (Å²) in [6.45, 7) is 3.76. The van der Waals surface area contributed by atoms with Gasteiger partial charge in [0.05, 0.1) is 19.9 Å². The van der Waals surface area contributed by atoms with Crippen molar-refractivity contribution in [1.82, 2.24) is 5.32 Å². The molecule has 0 heterocycles. The van der Waals surface area contributed by atoms with Crippen LogP contribution in [-0.2, 0) is 9.59 Å². The maximum absolute atomic E-state index is 11.8. The average molecular weight is 280 g/mol. The molecule has 0 aliphatic heterocycles. The standard InChI is InChI=1S/C14H20N2O4/c1-5-9(2)15-13(17)14(18)16-11-7-6-10(19-3)8-12(11)20-4/h6-9H,5H2,1-4H3,(H,15,17)(H,16,18)/t9-/m0/s1. The molecule has 0 aromatic heterocycles. The van der Waals surface area contributed by atoms with E-state index in [9.17, 15) is 9.59 Å². The fourth-order valence-electron chi connectivity index (χ4n) is 1.47. The summed E-state index contributed by atoms with van der Waals surface area (Å²) in [7, 11) is 3.01. The van der Waals surface area contributed by atoms with E-state index < -0.39 is 11.8 Å². The third-order valence-corrected chi connectivity index (χ3v) is 2.85. The van der Waals surface area contributed by atoms with Crippen LogP contribution in [0.15, 0.2) is 18.2 Å². The first-order valence-corrected chi connectivity index (χ1v) is 6.35. The second-order valence-electron chi connectivity index (χ2n) is 4.30. The number of hydrogen-bond acceptors (Lipinski definition) is 4. The van der Waals surface area contributed by atoms with Crippen LogP contribution in [0.25, 0.3) is 0 Å². The summed E-state index contributed by atoms with van der Waals surface area (Å²) < 4.78 is 10.2. The molecule has 0 fully saturated rings. The zero-order chi connectivity index (χ0) is 15.1. The fraction of sp³-hybridized carbons (Fsp3) is 0.429. The molecule has 110 valence electrons. The van der Waals surface area contributed by atoms with Gasteiger partial charge >= 0.3 is 11.8 Å². The first kappa shape index (κ1) is 15.8. The summed E-state index contributed by atoms with van der Waals surface area (Å²) in [4.78, 5) is 23.4. The number of ether oxygens (including phenoxy) is 2. The van der Waals surface area contributed by atoms with Crippen molar-refractivity contribution >= 4 is 17.5 Å². The van der Waals surface area contributed by atoms with Crippen LogP contribution in [-0.4, -0.2) is 32.1 Å². The zero-order valence-electron chi connectivity index (χ0n) is 12.1. The molecule has 0 bridgehead atoms. The fourth-order valence-corrected chi connectivity index (χ4v) is 1.47. The normalized spacial score (nSPS) is 11.4. The molecule has 1 aromatic carbocycles. The minimum absolute atomic E-state index is 0.0500. The van der Waals surface area contributed by atoms with Crippen molar-refractivity contribution in [2.45, 2.75) is 26.3 Å². The third-order valence-electron chi connectivity index (χ3n) is 2.85. The Morgan fingerprint density at radius 3 is 2.45 bits per heavy atom. The van der Waals surface area contributed by atoms with Crippen LogP contribution in [0.4, 0.5) is 5.69 Å². The first-order valence-electron chi connectivity index (χ1n) is 6.35. The molecule has 20 heavy (non-hydrogen) atoms. The van der Waals surface area contributed by atoms with Gasteiger partial charge in [0, 0.05) is 12.1 Å². The molecule has 0 aliphatic rings. The second-order valence-corrected chi connectivity index (χ2v) is 4.30. The van der Waals surface area contributed by atoms with Gasteiger partial charge in [-0.15, -0.1) is 0 Å². The lowest BCUT2D eigenvalue weighted by molar-refractivity contribution is -0.136. The number of amides is 2. The van der Waals surface area contributed by atoms with E-state index in [1.165, 1.54) is 14.2 Å². The Morgan fingerprint density at radius 1 is 1.20 bits per heavy atom. The van der Waals surface area contributed by atoms with Crippen LogP contribution < -0.4 is 20.1 Å². The zero-order valence-corrected chi connectivity index (χ0v) is 12.1. The summed E-state index contributed by atoms with van der Waals surface area (Å²) >= 11 is 0. The lowest BCUT2D eigenvalue weighted by Gasteiger charge is -2.13. The van der Waals surface area contributed by atoms with Gasteiger partial charge in [-0.25, -0.2) is 0 Å². The molecular formula is C14H20N2O4. The summed E-state index contributed by atoms with van der Waals surface area (Å²) in [5.74, 6) is -0.371. The SMILES string of the molecule is CC[C@H](C)NC(=O)C(=O)Nc1ccc(OC)cc1OC. The molecule has 2 N–H and O–H groups in total. The monoisotopic (exact) mass is 280 g/mol. The van der Waals surface area contributed by atoms with E-state index in [-0.39, 0.29) is 6.04 Å². The Morgan fingerprint density at radius 2 is 1.90 bits per heavy atom. The van der Waals surface area contributed by atoms with E-state index in [1.54, 1.807) is 18.2 Å². The first-order chi connectivity index (χ1) is 9.51. The van der Waals surface area contributed by atoms with Gasteiger partial charge in [-0.1, -0.05) is 6.92 Å². The highest BCUT2D eigenvalue weighted by Gasteiger charge is 2.17. The largest absolute Gasteiger partial charge is 0.497 e. The third kappa shape index (κ3) is 4.15. The number of anilines is 1. The molecular weight excluding hydrogens is 260 g/mol. The number of carbonyl (C=O) groups excluding carboxylic acids is 2. The highest BCUT2D eigenvalue weighted by molar-refractivity contribution is 6.39. The van der Waals surface area contributed by atoms with Crippen LogP contribution in [0, 0.1) is 0 Å². The van der Waals surface area contributed by atoms with E-state index in [0.717, 1.165) is 6.42 Å². The van der Waals surface area contributed by atoms with Gasteiger partial charge in [0.15, 0.2) is 0 Å². The Kier molecular flexibility index (Phi) is 5.83. The molecule has 2 amide bonds. The number of hydrogen-bond donors (Lipinski definition) is 2. The molecule has 0 radical (unpaired) electrons. The van der Waals surface area contributed by atoms with Gasteiger partial charge in [0.2, 0.25) is 0 Å². The predicted octanol–water partition coefficient (Wildman–Crippen LogP) is 1.56. The highest BCUT2D eigenvalue weighted by Crippen LogP contribution is 2.28. The van der Waals surface area contributed by atoms with Crippen molar-refractivity contribution in [3.63, 3.8) is 0 Å². The average Bonchev–Trinajstić information content (AvgIpc) is 2.47. The molecule has 1 atom stereocenters. The number of nitrogens with one attached hydrogen (secondary N) is 2. The molecule has 6 heteroatoms. The van der Waals surface area contributed by atoms with E-state index in [4.69, 9.17) is 9.47 Å². The summed E-state index contributed by atoms with van der Waals surface area (Å²) in [6, 6.07) is 4.87. The summed E-state index contributed by atoms with van der Waals surface area (Å²) in [6.07, 6.45) is 0.755. The minimum Gasteiger partial charge on any atom is -0.497 e. The quantitative estimate of drug-likeness (QED) is 0.802. The molecule has 1 rings (SSSR count).